The van der Waals surface area contributed by atoms with E-state index in [1.54, 1.807) is 0 Å². The highest BCUT2D eigenvalue weighted by molar-refractivity contribution is 5.31. The maximum atomic E-state index is 9.00. The second kappa shape index (κ2) is 6.10. The lowest BCUT2D eigenvalue weighted by molar-refractivity contribution is 0.281. The summed E-state index contributed by atoms with van der Waals surface area (Å²) < 4.78 is 5.77. The van der Waals surface area contributed by atoms with Crippen LogP contribution in [0.15, 0.2) is 48.5 Å². The number of aliphatic hydroxyl groups excluding tert-OH is 1. The average Bonchev–Trinajstić information content (AvgIpc) is 2.45. The van der Waals surface area contributed by atoms with Gasteiger partial charge in [0, 0.05) is 0 Å². The van der Waals surface area contributed by atoms with Crippen LogP contribution in [0.2, 0.25) is 0 Å². The molecule has 2 nitrogen and oxygen atoms in total. The van der Waals surface area contributed by atoms with Gasteiger partial charge in [0.05, 0.1) is 6.61 Å². The van der Waals surface area contributed by atoms with Crippen LogP contribution in [-0.2, 0) is 18.6 Å². The smallest absolute Gasteiger partial charge is 0.119 e. The Balaban J connectivity index is 1.96. The van der Waals surface area contributed by atoms with Crippen molar-refractivity contribution in [1.29, 1.82) is 0 Å². The van der Waals surface area contributed by atoms with Crippen molar-refractivity contribution in [3.63, 3.8) is 0 Å². The number of hydrogen-bond donors (Lipinski definition) is 1. The molecule has 0 amide bonds. The van der Waals surface area contributed by atoms with Crippen LogP contribution in [0, 0.1) is 0 Å². The fourth-order valence-corrected chi connectivity index (χ4v) is 1.96. The van der Waals surface area contributed by atoms with E-state index in [4.69, 9.17) is 9.84 Å². The Hall–Kier alpha value is -1.80. The van der Waals surface area contributed by atoms with Gasteiger partial charge in [0.25, 0.3) is 0 Å². The molecule has 0 aliphatic heterocycles. The molecule has 0 aliphatic carbocycles. The molecular formula is C18H22O2. The third-order valence-electron chi connectivity index (χ3n) is 3.33. The minimum atomic E-state index is 0.0788. The zero-order valence-electron chi connectivity index (χ0n) is 12.4. The van der Waals surface area contributed by atoms with Crippen LogP contribution in [0.4, 0.5) is 0 Å². The molecular weight excluding hydrogens is 248 g/mol. The minimum Gasteiger partial charge on any atom is -0.489 e. The van der Waals surface area contributed by atoms with Crippen LogP contribution in [-0.4, -0.2) is 5.11 Å². The van der Waals surface area contributed by atoms with E-state index in [2.05, 4.69) is 32.9 Å². The minimum absolute atomic E-state index is 0.0788. The van der Waals surface area contributed by atoms with E-state index < -0.39 is 0 Å². The quantitative estimate of drug-likeness (QED) is 0.908. The molecule has 0 spiro atoms. The van der Waals surface area contributed by atoms with Crippen LogP contribution in [0.1, 0.15) is 37.5 Å². The number of rotatable bonds is 4. The van der Waals surface area contributed by atoms with Gasteiger partial charge in [0.1, 0.15) is 12.4 Å². The third kappa shape index (κ3) is 3.84. The number of hydrogen-bond acceptors (Lipinski definition) is 2. The summed E-state index contributed by atoms with van der Waals surface area (Å²) in [6, 6.07) is 16.1. The molecule has 0 fully saturated rings. The first kappa shape index (κ1) is 14.6. The summed E-state index contributed by atoms with van der Waals surface area (Å²) in [6.45, 7) is 7.22. The predicted molar refractivity (Wildman–Crippen MR) is 81.8 cm³/mol. The highest BCUT2D eigenvalue weighted by atomic mass is 16.5. The zero-order chi connectivity index (χ0) is 14.6. The van der Waals surface area contributed by atoms with E-state index in [-0.39, 0.29) is 12.0 Å². The van der Waals surface area contributed by atoms with E-state index in [0.717, 1.165) is 16.9 Å². The van der Waals surface area contributed by atoms with E-state index in [0.29, 0.717) is 6.61 Å². The van der Waals surface area contributed by atoms with Crippen LogP contribution >= 0.6 is 0 Å². The third-order valence-corrected chi connectivity index (χ3v) is 3.33. The first-order chi connectivity index (χ1) is 9.49. The van der Waals surface area contributed by atoms with Crippen LogP contribution in [0.3, 0.4) is 0 Å². The van der Waals surface area contributed by atoms with Gasteiger partial charge in [-0.1, -0.05) is 57.2 Å². The Kier molecular flexibility index (Phi) is 4.46. The summed E-state index contributed by atoms with van der Waals surface area (Å²) in [7, 11) is 0. The number of aliphatic hydroxyl groups is 1. The maximum absolute atomic E-state index is 9.00. The van der Waals surface area contributed by atoms with Gasteiger partial charge < -0.3 is 9.84 Å². The summed E-state index contributed by atoms with van der Waals surface area (Å²) in [5, 5.41) is 9.00. The van der Waals surface area contributed by atoms with E-state index in [9.17, 15) is 0 Å². The van der Waals surface area contributed by atoms with Gasteiger partial charge in [-0.15, -0.1) is 0 Å². The summed E-state index contributed by atoms with van der Waals surface area (Å²) in [5.74, 6) is 0.879. The number of benzene rings is 2. The van der Waals surface area contributed by atoms with E-state index >= 15 is 0 Å². The van der Waals surface area contributed by atoms with Crippen molar-refractivity contribution in [1.82, 2.24) is 0 Å². The molecule has 0 aromatic heterocycles. The Bertz CT molecular complexity index is 533. The summed E-state index contributed by atoms with van der Waals surface area (Å²) in [4.78, 5) is 0. The van der Waals surface area contributed by atoms with Gasteiger partial charge in [0.15, 0.2) is 0 Å². The van der Waals surface area contributed by atoms with Crippen molar-refractivity contribution in [3.8, 4) is 5.75 Å². The first-order valence-electron chi connectivity index (χ1n) is 6.91. The van der Waals surface area contributed by atoms with Gasteiger partial charge in [0.2, 0.25) is 0 Å². The molecule has 2 aromatic rings. The standard InChI is InChI=1S/C18H22O2/c1-18(2,3)16-8-10-17(11-9-16)20-13-15-6-4-14(12-19)5-7-15/h4-11,19H,12-13H2,1-3H3. The van der Waals surface area contributed by atoms with Gasteiger partial charge in [-0.25, -0.2) is 0 Å². The second-order valence-electron chi connectivity index (χ2n) is 6.04. The van der Waals surface area contributed by atoms with Gasteiger partial charge in [-0.3, -0.25) is 0 Å². The lowest BCUT2D eigenvalue weighted by Crippen LogP contribution is -2.10. The van der Waals surface area contributed by atoms with Crippen LogP contribution in [0.25, 0.3) is 0 Å². The van der Waals surface area contributed by atoms with Crippen LogP contribution < -0.4 is 4.74 Å². The molecule has 0 saturated heterocycles. The van der Waals surface area contributed by atoms with Crippen molar-refractivity contribution < 1.29 is 9.84 Å². The summed E-state index contributed by atoms with van der Waals surface area (Å²) >= 11 is 0. The summed E-state index contributed by atoms with van der Waals surface area (Å²) in [5.41, 5.74) is 3.49. The zero-order valence-corrected chi connectivity index (χ0v) is 12.4. The maximum Gasteiger partial charge on any atom is 0.119 e. The SMILES string of the molecule is CC(C)(C)c1ccc(OCc2ccc(CO)cc2)cc1. The van der Waals surface area contributed by atoms with Crippen molar-refractivity contribution in [2.45, 2.75) is 39.4 Å². The molecule has 0 radical (unpaired) electrons. The molecule has 1 N–H and O–H groups in total. The molecule has 0 unspecified atom stereocenters. The van der Waals surface area contributed by atoms with Crippen molar-refractivity contribution in [2.24, 2.45) is 0 Å². The summed E-state index contributed by atoms with van der Waals surface area (Å²) in [6.07, 6.45) is 0. The molecule has 2 rings (SSSR count). The first-order valence-corrected chi connectivity index (χ1v) is 6.91. The normalized spacial score (nSPS) is 11.4. The van der Waals surface area contributed by atoms with Crippen molar-refractivity contribution in [3.05, 3.63) is 65.2 Å². The fraction of sp³-hybridized carbons (Fsp3) is 0.333. The lowest BCUT2D eigenvalue weighted by Gasteiger charge is -2.19. The Labute approximate surface area is 121 Å². The lowest BCUT2D eigenvalue weighted by atomic mass is 9.87. The van der Waals surface area contributed by atoms with Gasteiger partial charge in [-0.05, 0) is 34.2 Å². The van der Waals surface area contributed by atoms with Crippen molar-refractivity contribution in [2.75, 3.05) is 0 Å². The topological polar surface area (TPSA) is 29.5 Å². The monoisotopic (exact) mass is 270 g/mol. The molecule has 0 atom stereocenters. The van der Waals surface area contributed by atoms with Gasteiger partial charge >= 0.3 is 0 Å². The average molecular weight is 270 g/mol. The van der Waals surface area contributed by atoms with Gasteiger partial charge in [-0.2, -0.15) is 0 Å². The fourth-order valence-electron chi connectivity index (χ4n) is 1.96. The van der Waals surface area contributed by atoms with E-state index in [1.807, 2.05) is 36.4 Å². The second-order valence-corrected chi connectivity index (χ2v) is 6.04. The highest BCUT2D eigenvalue weighted by Crippen LogP contribution is 2.24. The highest BCUT2D eigenvalue weighted by Gasteiger charge is 2.12. The number of ether oxygens (including phenoxy) is 1. The Morgan fingerprint density at radius 2 is 1.40 bits per heavy atom. The Morgan fingerprint density at radius 3 is 1.90 bits per heavy atom. The Morgan fingerprint density at radius 1 is 0.850 bits per heavy atom. The molecule has 0 bridgehead atoms. The van der Waals surface area contributed by atoms with Crippen molar-refractivity contribution >= 4 is 0 Å². The predicted octanol–water partition coefficient (Wildman–Crippen LogP) is 4.06. The molecule has 0 heterocycles. The largest absolute Gasteiger partial charge is 0.489 e. The van der Waals surface area contributed by atoms with Crippen LogP contribution in [0.5, 0.6) is 5.75 Å². The molecule has 106 valence electrons. The molecule has 0 aliphatic rings. The molecule has 2 aromatic carbocycles. The molecule has 0 saturated carbocycles. The molecule has 2 heteroatoms. The molecule has 20 heavy (non-hydrogen) atoms. The van der Waals surface area contributed by atoms with E-state index in [1.165, 1.54) is 5.56 Å².